The second-order valence-corrected chi connectivity index (χ2v) is 3.93. The predicted molar refractivity (Wildman–Crippen MR) is 54.1 cm³/mol. The summed E-state index contributed by atoms with van der Waals surface area (Å²) < 4.78 is 38.2. The van der Waals surface area contributed by atoms with Gasteiger partial charge >= 0.3 is 10.4 Å². The fraction of sp³-hybridized carbons (Fsp3) is 0. The van der Waals surface area contributed by atoms with E-state index in [4.69, 9.17) is 9.08 Å². The predicted octanol–water partition coefficient (Wildman–Crippen LogP) is 1.52. The highest BCUT2D eigenvalue weighted by Gasteiger charge is 2.13. The maximum absolute atomic E-state index is 10.4. The molecule has 0 aliphatic carbocycles. The molecule has 0 aliphatic heterocycles. The van der Waals surface area contributed by atoms with E-state index >= 15 is 0 Å². The molecule has 1 aromatic carbocycles. The molecule has 0 unspecified atom stereocenters. The van der Waals surface area contributed by atoms with E-state index in [1.807, 2.05) is 6.07 Å². The smallest absolute Gasteiger partial charge is 0.352 e. The molecule has 2 aromatic rings. The van der Waals surface area contributed by atoms with Gasteiger partial charge in [-0.05, 0) is 5.16 Å². The molecular weight excluding hydrogens is 234 g/mol. The zero-order valence-corrected chi connectivity index (χ0v) is 8.72. The van der Waals surface area contributed by atoms with Gasteiger partial charge in [-0.15, -0.1) is 0 Å². The molecule has 2 rings (SSSR count). The van der Waals surface area contributed by atoms with Crippen LogP contribution in [0.5, 0.6) is 5.88 Å². The summed E-state index contributed by atoms with van der Waals surface area (Å²) in [6.07, 6.45) is 0. The number of aromatic nitrogens is 1. The van der Waals surface area contributed by atoms with Gasteiger partial charge in [0, 0.05) is 5.56 Å². The van der Waals surface area contributed by atoms with Crippen molar-refractivity contribution >= 4 is 10.4 Å². The molecule has 0 fully saturated rings. The van der Waals surface area contributed by atoms with Gasteiger partial charge in [0.25, 0.3) is 5.88 Å². The summed E-state index contributed by atoms with van der Waals surface area (Å²) in [7, 11) is -4.57. The van der Waals surface area contributed by atoms with Gasteiger partial charge in [0.05, 0.1) is 6.07 Å². The van der Waals surface area contributed by atoms with Crippen LogP contribution in [0.25, 0.3) is 11.3 Å². The Hall–Kier alpha value is -1.86. The molecule has 0 amide bonds. The third-order valence-electron chi connectivity index (χ3n) is 1.74. The average Bonchev–Trinajstić information content (AvgIpc) is 2.65. The van der Waals surface area contributed by atoms with E-state index in [-0.39, 0.29) is 5.88 Å². The minimum atomic E-state index is -4.57. The number of hydrogen-bond acceptors (Lipinski definition) is 5. The Morgan fingerprint density at radius 3 is 2.56 bits per heavy atom. The van der Waals surface area contributed by atoms with Gasteiger partial charge < -0.3 is 8.71 Å². The van der Waals surface area contributed by atoms with Gasteiger partial charge in [0.2, 0.25) is 0 Å². The van der Waals surface area contributed by atoms with Gasteiger partial charge in [-0.1, -0.05) is 30.3 Å². The molecule has 1 heterocycles. The van der Waals surface area contributed by atoms with Crippen molar-refractivity contribution in [3.05, 3.63) is 36.4 Å². The number of benzene rings is 1. The van der Waals surface area contributed by atoms with Crippen molar-refractivity contribution in [3.63, 3.8) is 0 Å². The maximum Gasteiger partial charge on any atom is 0.448 e. The second-order valence-electron chi connectivity index (χ2n) is 2.91. The van der Waals surface area contributed by atoms with E-state index in [9.17, 15) is 8.42 Å². The number of hydrogen-bond donors (Lipinski definition) is 1. The van der Waals surface area contributed by atoms with Gasteiger partial charge in [-0.3, -0.25) is 4.55 Å². The summed E-state index contributed by atoms with van der Waals surface area (Å²) >= 11 is 0. The molecule has 0 aliphatic rings. The summed E-state index contributed by atoms with van der Waals surface area (Å²) in [6, 6.07) is 10.2. The van der Waals surface area contributed by atoms with Crippen LogP contribution < -0.4 is 4.18 Å². The maximum atomic E-state index is 10.4. The first-order chi connectivity index (χ1) is 7.54. The molecule has 6 nitrogen and oxygen atoms in total. The number of rotatable bonds is 3. The lowest BCUT2D eigenvalue weighted by atomic mass is 10.2. The monoisotopic (exact) mass is 241 g/mol. The lowest BCUT2D eigenvalue weighted by Gasteiger charge is -1.92. The highest BCUT2D eigenvalue weighted by atomic mass is 32.3. The van der Waals surface area contributed by atoms with Crippen LogP contribution in [0.3, 0.4) is 0 Å². The molecule has 0 spiro atoms. The van der Waals surface area contributed by atoms with E-state index in [2.05, 4.69) is 9.34 Å². The largest absolute Gasteiger partial charge is 0.448 e. The van der Waals surface area contributed by atoms with Gasteiger partial charge in [-0.25, -0.2) is 0 Å². The van der Waals surface area contributed by atoms with Gasteiger partial charge in [0.15, 0.2) is 5.76 Å². The Labute approximate surface area is 91.4 Å². The molecule has 1 aromatic heterocycles. The zero-order valence-electron chi connectivity index (χ0n) is 7.90. The van der Waals surface area contributed by atoms with Crippen LogP contribution in [0.2, 0.25) is 0 Å². The zero-order chi connectivity index (χ0) is 11.6. The molecule has 84 valence electrons. The van der Waals surface area contributed by atoms with Crippen molar-refractivity contribution in [3.8, 4) is 17.2 Å². The average molecular weight is 241 g/mol. The van der Waals surface area contributed by atoms with Crippen LogP contribution >= 0.6 is 0 Å². The molecule has 16 heavy (non-hydrogen) atoms. The third kappa shape index (κ3) is 2.59. The molecule has 0 bridgehead atoms. The Balaban J connectivity index is 2.27. The standard InChI is InChI=1S/C9H7NO5S/c11-16(12,13)15-9-6-8(14-10-9)7-4-2-1-3-5-7/h1-6H,(H,11,12,13). The summed E-state index contributed by atoms with van der Waals surface area (Å²) in [5.74, 6) is 0.0283. The molecule has 0 saturated carbocycles. The highest BCUT2D eigenvalue weighted by Crippen LogP contribution is 2.23. The molecular formula is C9H7NO5S. The quantitative estimate of drug-likeness (QED) is 0.819. The van der Waals surface area contributed by atoms with E-state index in [1.54, 1.807) is 24.3 Å². The van der Waals surface area contributed by atoms with Crippen LogP contribution in [0.4, 0.5) is 0 Å². The Kier molecular flexibility index (Phi) is 2.63. The molecule has 7 heteroatoms. The van der Waals surface area contributed by atoms with E-state index < -0.39 is 10.4 Å². The second kappa shape index (κ2) is 3.95. The van der Waals surface area contributed by atoms with Crippen LogP contribution in [0.1, 0.15) is 0 Å². The third-order valence-corrected chi connectivity index (χ3v) is 2.12. The Bertz CT molecular complexity index is 575. The van der Waals surface area contributed by atoms with Crippen LogP contribution in [-0.2, 0) is 10.4 Å². The van der Waals surface area contributed by atoms with E-state index in [1.165, 1.54) is 6.07 Å². The lowest BCUT2D eigenvalue weighted by Crippen LogP contribution is -2.06. The lowest BCUT2D eigenvalue weighted by molar-refractivity contribution is 0.353. The van der Waals surface area contributed by atoms with Crippen molar-refractivity contribution in [2.75, 3.05) is 0 Å². The first-order valence-electron chi connectivity index (χ1n) is 4.24. The normalized spacial score (nSPS) is 11.3. The van der Waals surface area contributed by atoms with Crippen LogP contribution in [-0.4, -0.2) is 18.1 Å². The highest BCUT2D eigenvalue weighted by molar-refractivity contribution is 7.81. The summed E-state index contributed by atoms with van der Waals surface area (Å²) in [4.78, 5) is 0. The molecule has 0 saturated heterocycles. The topological polar surface area (TPSA) is 89.6 Å². The Morgan fingerprint density at radius 2 is 1.94 bits per heavy atom. The van der Waals surface area contributed by atoms with Crippen molar-refractivity contribution in [2.45, 2.75) is 0 Å². The first kappa shape index (κ1) is 10.7. The molecule has 1 N–H and O–H groups in total. The molecule has 0 radical (unpaired) electrons. The number of nitrogens with zero attached hydrogens (tertiary/aromatic N) is 1. The van der Waals surface area contributed by atoms with Crippen LogP contribution in [0.15, 0.2) is 40.9 Å². The van der Waals surface area contributed by atoms with Gasteiger partial charge in [-0.2, -0.15) is 8.42 Å². The minimum absolute atomic E-state index is 0.318. The summed E-state index contributed by atoms with van der Waals surface area (Å²) in [6.45, 7) is 0. The van der Waals surface area contributed by atoms with Crippen molar-refractivity contribution in [1.82, 2.24) is 5.16 Å². The van der Waals surface area contributed by atoms with Crippen molar-refractivity contribution in [1.29, 1.82) is 0 Å². The minimum Gasteiger partial charge on any atom is -0.352 e. The van der Waals surface area contributed by atoms with Crippen molar-refractivity contribution in [2.24, 2.45) is 0 Å². The van der Waals surface area contributed by atoms with Gasteiger partial charge in [0.1, 0.15) is 0 Å². The summed E-state index contributed by atoms with van der Waals surface area (Å²) in [5.41, 5.74) is 0.722. The Morgan fingerprint density at radius 1 is 1.25 bits per heavy atom. The summed E-state index contributed by atoms with van der Waals surface area (Å²) in [5, 5.41) is 3.34. The van der Waals surface area contributed by atoms with Crippen molar-refractivity contribution < 1.29 is 21.7 Å². The SMILES string of the molecule is O=S(=O)(O)Oc1cc(-c2ccccc2)on1. The fourth-order valence-corrected chi connectivity index (χ4v) is 1.44. The first-order valence-corrected chi connectivity index (χ1v) is 5.60. The van der Waals surface area contributed by atoms with E-state index in [0.717, 1.165) is 5.56 Å². The fourth-order valence-electron chi connectivity index (χ4n) is 1.14. The van der Waals surface area contributed by atoms with E-state index in [0.29, 0.717) is 5.76 Å². The van der Waals surface area contributed by atoms with Crippen LogP contribution in [0, 0.1) is 0 Å². The molecule has 0 atom stereocenters.